The molecule has 0 aliphatic carbocycles. The lowest BCUT2D eigenvalue weighted by atomic mass is 10.1. The molecule has 0 amide bonds. The van der Waals surface area contributed by atoms with E-state index in [1.54, 1.807) is 12.2 Å². The fourth-order valence-electron chi connectivity index (χ4n) is 2.03. The Kier molecular flexibility index (Phi) is 8.61. The topological polar surface area (TPSA) is 46.5 Å². The van der Waals surface area contributed by atoms with Crippen LogP contribution in [0.1, 0.15) is 24.8 Å². The predicted molar refractivity (Wildman–Crippen MR) is 89.4 cm³/mol. The molecule has 22 heavy (non-hydrogen) atoms. The molecule has 0 radical (unpaired) electrons. The Hall–Kier alpha value is -2.13. The number of carbonyl (C=O) groups is 1. The summed E-state index contributed by atoms with van der Waals surface area (Å²) in [6, 6.07) is 10.1. The summed E-state index contributed by atoms with van der Waals surface area (Å²) < 4.78 is 5.19. The minimum atomic E-state index is -0.500. The molecule has 2 atom stereocenters. The van der Waals surface area contributed by atoms with E-state index in [0.29, 0.717) is 19.3 Å². The third kappa shape index (κ3) is 7.60. The van der Waals surface area contributed by atoms with Gasteiger partial charge in [-0.15, -0.1) is 6.58 Å². The SMILES string of the molecule is C=CC[C@@H](C/C=C/C(O)CCc1ccccc1)OC(=O)C=C. The van der Waals surface area contributed by atoms with Crippen molar-refractivity contribution in [2.24, 2.45) is 0 Å². The van der Waals surface area contributed by atoms with Gasteiger partial charge in [-0.3, -0.25) is 0 Å². The molecular weight excluding hydrogens is 276 g/mol. The van der Waals surface area contributed by atoms with E-state index in [0.717, 1.165) is 12.5 Å². The molecule has 1 unspecified atom stereocenters. The Morgan fingerprint density at radius 3 is 2.59 bits per heavy atom. The van der Waals surface area contributed by atoms with Gasteiger partial charge < -0.3 is 9.84 Å². The van der Waals surface area contributed by atoms with Crippen LogP contribution < -0.4 is 0 Å². The van der Waals surface area contributed by atoms with Gasteiger partial charge in [-0.2, -0.15) is 0 Å². The first-order chi connectivity index (χ1) is 10.7. The number of aliphatic hydroxyl groups excluding tert-OH is 1. The monoisotopic (exact) mass is 300 g/mol. The van der Waals surface area contributed by atoms with Gasteiger partial charge in [0.1, 0.15) is 6.10 Å². The number of rotatable bonds is 10. The number of aliphatic hydroxyl groups is 1. The molecule has 1 N–H and O–H groups in total. The second-order valence-electron chi connectivity index (χ2n) is 5.04. The van der Waals surface area contributed by atoms with Gasteiger partial charge in [0.15, 0.2) is 0 Å². The smallest absolute Gasteiger partial charge is 0.330 e. The fourth-order valence-corrected chi connectivity index (χ4v) is 2.03. The van der Waals surface area contributed by atoms with Gasteiger partial charge in [-0.1, -0.05) is 55.1 Å². The summed E-state index contributed by atoms with van der Waals surface area (Å²) in [5, 5.41) is 9.95. The van der Waals surface area contributed by atoms with E-state index >= 15 is 0 Å². The molecule has 1 aromatic rings. The van der Waals surface area contributed by atoms with Crippen molar-refractivity contribution in [1.82, 2.24) is 0 Å². The summed E-state index contributed by atoms with van der Waals surface area (Å²) in [4.78, 5) is 11.2. The molecule has 0 aliphatic heterocycles. The Morgan fingerprint density at radius 1 is 1.23 bits per heavy atom. The highest BCUT2D eigenvalue weighted by Crippen LogP contribution is 2.09. The zero-order valence-electron chi connectivity index (χ0n) is 12.9. The minimum absolute atomic E-state index is 0.263. The van der Waals surface area contributed by atoms with Gasteiger partial charge in [0.05, 0.1) is 6.10 Å². The molecule has 0 saturated heterocycles. The van der Waals surface area contributed by atoms with Crippen LogP contribution in [0.3, 0.4) is 0 Å². The average molecular weight is 300 g/mol. The van der Waals surface area contributed by atoms with Gasteiger partial charge in [0, 0.05) is 18.9 Å². The van der Waals surface area contributed by atoms with E-state index in [4.69, 9.17) is 4.74 Å². The number of hydrogen-bond donors (Lipinski definition) is 1. The number of esters is 1. The van der Waals surface area contributed by atoms with Crippen LogP contribution in [0.2, 0.25) is 0 Å². The Bertz CT molecular complexity index is 491. The number of aryl methyl sites for hydroxylation is 1. The summed E-state index contributed by atoms with van der Waals surface area (Å²) in [6.45, 7) is 7.03. The van der Waals surface area contributed by atoms with Crippen molar-refractivity contribution < 1.29 is 14.6 Å². The molecule has 1 aromatic carbocycles. The van der Waals surface area contributed by atoms with E-state index in [1.807, 2.05) is 36.4 Å². The Balaban J connectivity index is 2.36. The van der Waals surface area contributed by atoms with Crippen LogP contribution in [0.15, 0.2) is 67.8 Å². The van der Waals surface area contributed by atoms with Crippen LogP contribution >= 0.6 is 0 Å². The van der Waals surface area contributed by atoms with E-state index in [9.17, 15) is 9.90 Å². The Labute approximate surface area is 132 Å². The molecule has 0 saturated carbocycles. The van der Waals surface area contributed by atoms with Gasteiger partial charge in [-0.25, -0.2) is 4.79 Å². The summed E-state index contributed by atoms with van der Waals surface area (Å²) in [6.07, 6.45) is 8.31. The molecule has 0 fully saturated rings. The first kappa shape index (κ1) is 17.9. The third-order valence-electron chi connectivity index (χ3n) is 3.21. The molecule has 3 heteroatoms. The zero-order valence-corrected chi connectivity index (χ0v) is 12.9. The normalized spacial score (nSPS) is 13.5. The molecule has 0 bridgehead atoms. The van der Waals surface area contributed by atoms with E-state index in [2.05, 4.69) is 13.2 Å². The van der Waals surface area contributed by atoms with Crippen LogP contribution in [0.25, 0.3) is 0 Å². The molecule has 0 spiro atoms. The van der Waals surface area contributed by atoms with Crippen LogP contribution in [0.5, 0.6) is 0 Å². The van der Waals surface area contributed by atoms with Crippen LogP contribution in [-0.2, 0) is 16.0 Å². The van der Waals surface area contributed by atoms with Crippen molar-refractivity contribution >= 4 is 5.97 Å². The molecule has 0 heterocycles. The van der Waals surface area contributed by atoms with Crippen molar-refractivity contribution in [3.63, 3.8) is 0 Å². The second-order valence-corrected chi connectivity index (χ2v) is 5.04. The minimum Gasteiger partial charge on any atom is -0.459 e. The maximum atomic E-state index is 11.2. The largest absolute Gasteiger partial charge is 0.459 e. The van der Waals surface area contributed by atoms with E-state index in [1.165, 1.54) is 5.56 Å². The number of ether oxygens (including phenoxy) is 1. The van der Waals surface area contributed by atoms with Gasteiger partial charge in [0.2, 0.25) is 0 Å². The predicted octanol–water partition coefficient (Wildman–Crippen LogP) is 3.60. The first-order valence-corrected chi connectivity index (χ1v) is 7.48. The Morgan fingerprint density at radius 2 is 1.95 bits per heavy atom. The van der Waals surface area contributed by atoms with E-state index < -0.39 is 12.1 Å². The molecular formula is C19H24O3. The van der Waals surface area contributed by atoms with Crippen molar-refractivity contribution in [3.05, 3.63) is 73.4 Å². The highest BCUT2D eigenvalue weighted by atomic mass is 16.5. The van der Waals surface area contributed by atoms with E-state index in [-0.39, 0.29) is 6.10 Å². The van der Waals surface area contributed by atoms with Gasteiger partial charge in [-0.05, 0) is 18.4 Å². The quantitative estimate of drug-likeness (QED) is 0.408. The lowest BCUT2D eigenvalue weighted by Crippen LogP contribution is -2.15. The molecule has 0 aromatic heterocycles. The van der Waals surface area contributed by atoms with Crippen molar-refractivity contribution in [3.8, 4) is 0 Å². The van der Waals surface area contributed by atoms with Crippen molar-refractivity contribution in [2.45, 2.75) is 37.9 Å². The molecule has 1 rings (SSSR count). The van der Waals surface area contributed by atoms with Crippen LogP contribution in [-0.4, -0.2) is 23.3 Å². The lowest BCUT2D eigenvalue weighted by Gasteiger charge is -2.13. The maximum absolute atomic E-state index is 11.2. The standard InChI is InChI=1S/C19H24O3/c1-3-9-18(22-19(21)4-2)13-8-12-17(20)15-14-16-10-6-5-7-11-16/h3-8,10-12,17-18,20H,1-2,9,13-15H2/b12-8+/t17?,18-/m0/s1. The van der Waals surface area contributed by atoms with Crippen molar-refractivity contribution in [2.75, 3.05) is 0 Å². The van der Waals surface area contributed by atoms with Crippen LogP contribution in [0, 0.1) is 0 Å². The second kappa shape index (κ2) is 10.6. The lowest BCUT2D eigenvalue weighted by molar-refractivity contribution is -0.142. The number of benzene rings is 1. The van der Waals surface area contributed by atoms with Gasteiger partial charge in [0.25, 0.3) is 0 Å². The summed E-state index contributed by atoms with van der Waals surface area (Å²) >= 11 is 0. The zero-order chi connectivity index (χ0) is 16.2. The number of carbonyl (C=O) groups excluding carboxylic acids is 1. The number of hydrogen-bond acceptors (Lipinski definition) is 3. The molecule has 3 nitrogen and oxygen atoms in total. The summed E-state index contributed by atoms with van der Waals surface area (Å²) in [7, 11) is 0. The average Bonchev–Trinajstić information content (AvgIpc) is 2.54. The fraction of sp³-hybridized carbons (Fsp3) is 0.316. The summed E-state index contributed by atoms with van der Waals surface area (Å²) in [5.41, 5.74) is 1.21. The van der Waals surface area contributed by atoms with Gasteiger partial charge >= 0.3 is 5.97 Å². The highest BCUT2D eigenvalue weighted by molar-refractivity contribution is 5.81. The summed E-state index contributed by atoms with van der Waals surface area (Å²) in [5.74, 6) is -0.440. The van der Waals surface area contributed by atoms with Crippen molar-refractivity contribution in [1.29, 1.82) is 0 Å². The highest BCUT2D eigenvalue weighted by Gasteiger charge is 2.09. The van der Waals surface area contributed by atoms with Crippen LogP contribution in [0.4, 0.5) is 0 Å². The maximum Gasteiger partial charge on any atom is 0.330 e. The first-order valence-electron chi connectivity index (χ1n) is 7.48. The molecule has 0 aliphatic rings. The molecule has 118 valence electrons. The third-order valence-corrected chi connectivity index (χ3v) is 3.21.